The molecule has 0 saturated heterocycles. The van der Waals surface area contributed by atoms with Crippen molar-refractivity contribution in [1.29, 1.82) is 0 Å². The van der Waals surface area contributed by atoms with E-state index in [9.17, 15) is 0 Å². The number of benzene rings is 10. The van der Waals surface area contributed by atoms with E-state index in [0.717, 1.165) is 28.4 Å². The zero-order valence-electron chi connectivity index (χ0n) is 34.3. The molecule has 0 aromatic heterocycles. The first-order valence-electron chi connectivity index (χ1n) is 21.2. The van der Waals surface area contributed by atoms with Crippen LogP contribution in [0.3, 0.4) is 0 Å². The Labute approximate surface area is 358 Å². The maximum absolute atomic E-state index is 2.44. The van der Waals surface area contributed by atoms with E-state index in [0.29, 0.717) is 0 Å². The molecule has 0 saturated carbocycles. The topological polar surface area (TPSA) is 6.48 Å². The Bertz CT molecular complexity index is 3190. The molecule has 0 fully saturated rings. The molecule has 0 N–H and O–H groups in total. The van der Waals surface area contributed by atoms with Gasteiger partial charge in [0, 0.05) is 38.9 Å². The van der Waals surface area contributed by atoms with Crippen LogP contribution in [0.4, 0.5) is 34.1 Å². The maximum Gasteiger partial charge on any atom is 0.0540 e. The normalized spacial score (nSPS) is 12.6. The van der Waals surface area contributed by atoms with Crippen molar-refractivity contribution in [2.24, 2.45) is 0 Å². The smallest absolute Gasteiger partial charge is 0.0540 e. The number of hydrogen-bond donors (Lipinski definition) is 0. The van der Waals surface area contributed by atoms with Crippen molar-refractivity contribution in [3.05, 3.63) is 242 Å². The average molecular weight is 781 g/mol. The number of hydrogen-bond acceptors (Lipinski definition) is 2. The van der Waals surface area contributed by atoms with Crippen LogP contribution in [0.1, 0.15) is 25.0 Å². The molecule has 0 atom stereocenters. The molecule has 2 nitrogen and oxygen atoms in total. The van der Waals surface area contributed by atoms with E-state index in [-0.39, 0.29) is 5.41 Å². The fourth-order valence-corrected chi connectivity index (χ4v) is 9.52. The van der Waals surface area contributed by atoms with Crippen molar-refractivity contribution in [3.63, 3.8) is 0 Å². The summed E-state index contributed by atoms with van der Waals surface area (Å²) >= 11 is 0. The molecule has 0 aliphatic heterocycles. The number of fused-ring (bicyclic) bond motifs is 5. The van der Waals surface area contributed by atoms with Gasteiger partial charge in [0.1, 0.15) is 0 Å². The van der Waals surface area contributed by atoms with Crippen LogP contribution in [0, 0.1) is 0 Å². The van der Waals surface area contributed by atoms with Crippen molar-refractivity contribution in [1.82, 2.24) is 0 Å². The zero-order valence-corrected chi connectivity index (χ0v) is 34.3. The first kappa shape index (κ1) is 36.4. The van der Waals surface area contributed by atoms with Gasteiger partial charge in [-0.15, -0.1) is 0 Å². The third-order valence-corrected chi connectivity index (χ3v) is 12.6. The van der Waals surface area contributed by atoms with Crippen LogP contribution in [0.5, 0.6) is 0 Å². The minimum atomic E-state index is -0.252. The summed E-state index contributed by atoms with van der Waals surface area (Å²) in [7, 11) is 0. The molecule has 0 spiro atoms. The van der Waals surface area contributed by atoms with Gasteiger partial charge in [-0.1, -0.05) is 184 Å². The predicted molar refractivity (Wildman–Crippen MR) is 259 cm³/mol. The van der Waals surface area contributed by atoms with Crippen LogP contribution in [0.2, 0.25) is 0 Å². The van der Waals surface area contributed by atoms with Crippen molar-refractivity contribution >= 4 is 55.7 Å². The first-order chi connectivity index (χ1) is 30.0. The van der Waals surface area contributed by atoms with Gasteiger partial charge in [-0.25, -0.2) is 0 Å². The highest BCUT2D eigenvalue weighted by Crippen LogP contribution is 2.53. The molecule has 0 heterocycles. The van der Waals surface area contributed by atoms with E-state index in [1.807, 2.05) is 0 Å². The Morgan fingerprint density at radius 2 is 0.656 bits per heavy atom. The highest BCUT2D eigenvalue weighted by atomic mass is 15.1. The van der Waals surface area contributed by atoms with Gasteiger partial charge < -0.3 is 9.80 Å². The lowest BCUT2D eigenvalue weighted by atomic mass is 9.82. The van der Waals surface area contributed by atoms with Gasteiger partial charge in [-0.2, -0.15) is 0 Å². The Hall–Kier alpha value is -7.68. The quantitative estimate of drug-likeness (QED) is 0.152. The fourth-order valence-electron chi connectivity index (χ4n) is 9.52. The van der Waals surface area contributed by atoms with Gasteiger partial charge in [-0.3, -0.25) is 0 Å². The summed E-state index contributed by atoms with van der Waals surface area (Å²) in [6, 6.07) is 84.1. The third-order valence-electron chi connectivity index (χ3n) is 12.6. The second-order valence-corrected chi connectivity index (χ2v) is 16.6. The molecular weight excluding hydrogens is 737 g/mol. The molecule has 11 rings (SSSR count). The minimum Gasteiger partial charge on any atom is -0.310 e. The summed E-state index contributed by atoms with van der Waals surface area (Å²) in [6.07, 6.45) is 0. The van der Waals surface area contributed by atoms with Crippen LogP contribution in [-0.4, -0.2) is 0 Å². The first-order valence-corrected chi connectivity index (χ1v) is 21.2. The number of nitrogens with zero attached hydrogens (tertiary/aromatic N) is 2. The summed E-state index contributed by atoms with van der Waals surface area (Å²) in [5.41, 5.74) is 16.7. The van der Waals surface area contributed by atoms with E-state index < -0.39 is 0 Å². The van der Waals surface area contributed by atoms with Gasteiger partial charge in [0.15, 0.2) is 0 Å². The van der Waals surface area contributed by atoms with Gasteiger partial charge in [0.25, 0.3) is 0 Å². The molecule has 0 radical (unpaired) electrons. The van der Waals surface area contributed by atoms with Gasteiger partial charge >= 0.3 is 0 Å². The van der Waals surface area contributed by atoms with E-state index in [1.165, 1.54) is 71.7 Å². The highest BCUT2D eigenvalue weighted by molar-refractivity contribution is 6.01. The van der Waals surface area contributed by atoms with E-state index in [2.05, 4.69) is 254 Å². The van der Waals surface area contributed by atoms with Gasteiger partial charge in [0.2, 0.25) is 0 Å². The summed E-state index contributed by atoms with van der Waals surface area (Å²) < 4.78 is 0. The van der Waals surface area contributed by atoms with Crippen LogP contribution in [0.25, 0.3) is 54.9 Å². The molecular formula is C59H44N2. The molecule has 10 aromatic rings. The van der Waals surface area contributed by atoms with Crippen molar-refractivity contribution in [2.45, 2.75) is 19.3 Å². The van der Waals surface area contributed by atoms with Crippen LogP contribution in [-0.2, 0) is 5.41 Å². The van der Waals surface area contributed by atoms with E-state index >= 15 is 0 Å². The Kier molecular flexibility index (Phi) is 8.86. The second-order valence-electron chi connectivity index (χ2n) is 16.6. The standard InChI is InChI=1S/C59H44N2/c1-59(2)55-39-49(60(47-21-7-4-8-22-47)57-25-13-19-45-17-9-11-23-51(45)57)35-37-53(55)54-38-36-50(40-56(54)59)61(58-26-14-20-46-18-10-12-24-52(46)58)48-33-31-44(32-34-48)43-29-27-42(28-30-43)41-15-5-3-6-16-41/h3-40H,1-2H3. The van der Waals surface area contributed by atoms with Crippen molar-refractivity contribution in [3.8, 4) is 33.4 Å². The lowest BCUT2D eigenvalue weighted by Gasteiger charge is -2.30. The monoisotopic (exact) mass is 780 g/mol. The van der Waals surface area contributed by atoms with E-state index in [4.69, 9.17) is 0 Å². The average Bonchev–Trinajstić information content (AvgIpc) is 3.55. The molecule has 0 amide bonds. The zero-order chi connectivity index (χ0) is 40.9. The van der Waals surface area contributed by atoms with Gasteiger partial charge in [0.05, 0.1) is 11.4 Å². The Balaban J connectivity index is 0.999. The molecule has 2 heteroatoms. The Morgan fingerprint density at radius 3 is 1.15 bits per heavy atom. The minimum absolute atomic E-state index is 0.252. The molecule has 61 heavy (non-hydrogen) atoms. The number of para-hydroxylation sites is 1. The predicted octanol–water partition coefficient (Wildman–Crippen LogP) is 16.6. The number of anilines is 6. The SMILES string of the molecule is CC1(C)c2cc(N(c3ccccc3)c3cccc4ccccc34)ccc2-c2ccc(N(c3ccc(-c4ccc(-c5ccccc5)cc4)cc3)c3cccc4ccccc34)cc21. The molecule has 290 valence electrons. The molecule has 1 aliphatic carbocycles. The molecule has 0 unspecified atom stereocenters. The van der Waals surface area contributed by atoms with E-state index in [1.54, 1.807) is 0 Å². The summed E-state index contributed by atoms with van der Waals surface area (Å²) in [5.74, 6) is 0. The van der Waals surface area contributed by atoms with Gasteiger partial charge in [-0.05, 0) is 116 Å². The summed E-state index contributed by atoms with van der Waals surface area (Å²) in [5, 5.41) is 4.89. The van der Waals surface area contributed by atoms with Crippen LogP contribution in [0.15, 0.2) is 231 Å². The van der Waals surface area contributed by atoms with Crippen molar-refractivity contribution < 1.29 is 0 Å². The summed E-state index contributed by atoms with van der Waals surface area (Å²) in [4.78, 5) is 4.85. The second kappa shape index (κ2) is 14.9. The summed E-state index contributed by atoms with van der Waals surface area (Å²) in [6.45, 7) is 4.77. The molecule has 0 bridgehead atoms. The lowest BCUT2D eigenvalue weighted by molar-refractivity contribution is 0.660. The molecule has 1 aliphatic rings. The van der Waals surface area contributed by atoms with Crippen LogP contribution >= 0.6 is 0 Å². The maximum atomic E-state index is 2.44. The fraction of sp³-hybridized carbons (Fsp3) is 0.0508. The molecule has 10 aromatic carbocycles. The third kappa shape index (κ3) is 6.36. The van der Waals surface area contributed by atoms with Crippen molar-refractivity contribution in [2.75, 3.05) is 9.80 Å². The highest BCUT2D eigenvalue weighted by Gasteiger charge is 2.37. The van der Waals surface area contributed by atoms with Crippen LogP contribution < -0.4 is 9.80 Å². The Morgan fingerprint density at radius 1 is 0.295 bits per heavy atom. The largest absolute Gasteiger partial charge is 0.310 e. The lowest BCUT2D eigenvalue weighted by Crippen LogP contribution is -2.18. The number of rotatable bonds is 8.